The Kier molecular flexibility index (Phi) is 10.0. The van der Waals surface area contributed by atoms with Crippen LogP contribution in [-0.4, -0.2) is 72.4 Å². The molecule has 202 valence electrons. The van der Waals surface area contributed by atoms with Crippen molar-refractivity contribution < 1.29 is 14.3 Å². The van der Waals surface area contributed by atoms with Gasteiger partial charge in [0.15, 0.2) is 0 Å². The van der Waals surface area contributed by atoms with E-state index in [0.29, 0.717) is 32.6 Å². The third-order valence-corrected chi connectivity index (χ3v) is 8.88. The second-order valence-electron chi connectivity index (χ2n) is 10.5. The Morgan fingerprint density at radius 3 is 2.46 bits per heavy atom. The normalized spacial score (nSPS) is 20.1. The second kappa shape index (κ2) is 13.4. The Morgan fingerprint density at radius 1 is 0.973 bits per heavy atom. The molecule has 0 bridgehead atoms. The van der Waals surface area contributed by atoms with Gasteiger partial charge in [-0.05, 0) is 54.5 Å². The molecule has 37 heavy (non-hydrogen) atoms. The van der Waals surface area contributed by atoms with Crippen LogP contribution in [0.3, 0.4) is 0 Å². The summed E-state index contributed by atoms with van der Waals surface area (Å²) in [5.41, 5.74) is 2.50. The summed E-state index contributed by atoms with van der Waals surface area (Å²) in [4.78, 5) is 34.0. The van der Waals surface area contributed by atoms with Crippen LogP contribution >= 0.6 is 11.3 Å². The number of hydrogen-bond acceptors (Lipinski definition) is 5. The van der Waals surface area contributed by atoms with Gasteiger partial charge in [0.25, 0.3) is 0 Å². The summed E-state index contributed by atoms with van der Waals surface area (Å²) in [7, 11) is 1.68. The van der Waals surface area contributed by atoms with Crippen molar-refractivity contribution in [3.63, 3.8) is 0 Å². The standard InChI is InChI=1S/C30H43N3O3S/c1-4-5-6-7-8-9-10-28(34)33-19-18-31(21-23(33)2)29(35)22-32-17-15-27-26(16-20-37-27)30(32)24-11-13-25(36-3)14-12-24/h11-14,16,20,23,30H,4-10,15,17-19,21-22H2,1-3H3/t23-,30+/m0/s1. The van der Waals surface area contributed by atoms with Crippen LogP contribution in [0.1, 0.15) is 80.8 Å². The zero-order chi connectivity index (χ0) is 26.2. The van der Waals surface area contributed by atoms with Gasteiger partial charge in [0, 0.05) is 43.5 Å². The van der Waals surface area contributed by atoms with Gasteiger partial charge in [0.05, 0.1) is 19.7 Å². The monoisotopic (exact) mass is 525 g/mol. The number of hydrogen-bond donors (Lipinski definition) is 0. The molecule has 2 amide bonds. The molecule has 7 heteroatoms. The fourth-order valence-electron chi connectivity index (χ4n) is 5.74. The Bertz CT molecular complexity index is 1020. The molecule has 0 unspecified atom stereocenters. The van der Waals surface area contributed by atoms with Crippen molar-refractivity contribution in [1.82, 2.24) is 14.7 Å². The summed E-state index contributed by atoms with van der Waals surface area (Å²) in [6, 6.07) is 10.6. The highest BCUT2D eigenvalue weighted by Gasteiger charge is 2.34. The Labute approximate surface area is 226 Å². The van der Waals surface area contributed by atoms with Crippen LogP contribution in [0.2, 0.25) is 0 Å². The van der Waals surface area contributed by atoms with Gasteiger partial charge in [-0.3, -0.25) is 14.5 Å². The average Bonchev–Trinajstić information content (AvgIpc) is 3.39. The number of amides is 2. The number of unbranched alkanes of at least 4 members (excludes halogenated alkanes) is 5. The molecule has 3 heterocycles. The first-order valence-electron chi connectivity index (χ1n) is 14.0. The van der Waals surface area contributed by atoms with Gasteiger partial charge in [0.1, 0.15) is 5.75 Å². The Hall–Kier alpha value is -2.38. The molecular weight excluding hydrogens is 482 g/mol. The van der Waals surface area contributed by atoms with Crippen LogP contribution in [0.25, 0.3) is 0 Å². The number of carbonyl (C=O) groups is 2. The maximum absolute atomic E-state index is 13.5. The van der Waals surface area contributed by atoms with Crippen LogP contribution in [0.5, 0.6) is 5.75 Å². The molecule has 1 aromatic heterocycles. The third kappa shape index (κ3) is 6.94. The maximum atomic E-state index is 13.5. The number of carbonyl (C=O) groups excluding carboxylic acids is 2. The number of ether oxygens (including phenoxy) is 1. The van der Waals surface area contributed by atoms with E-state index in [9.17, 15) is 9.59 Å². The number of rotatable bonds is 11. The molecule has 4 rings (SSSR count). The van der Waals surface area contributed by atoms with Crippen LogP contribution in [0.15, 0.2) is 35.7 Å². The fraction of sp³-hybridized carbons (Fsp3) is 0.600. The number of thiophene rings is 1. The van der Waals surface area contributed by atoms with Gasteiger partial charge >= 0.3 is 0 Å². The van der Waals surface area contributed by atoms with Crippen LogP contribution in [-0.2, 0) is 16.0 Å². The average molecular weight is 526 g/mol. The Morgan fingerprint density at radius 2 is 1.73 bits per heavy atom. The van der Waals surface area contributed by atoms with E-state index in [1.54, 1.807) is 7.11 Å². The molecule has 6 nitrogen and oxygen atoms in total. The zero-order valence-electron chi connectivity index (χ0n) is 22.8. The first-order valence-corrected chi connectivity index (χ1v) is 14.9. The van der Waals surface area contributed by atoms with E-state index in [4.69, 9.17) is 4.74 Å². The van der Waals surface area contributed by atoms with Crippen molar-refractivity contribution in [1.29, 1.82) is 0 Å². The minimum absolute atomic E-state index is 0.0625. The topological polar surface area (TPSA) is 53.1 Å². The van der Waals surface area contributed by atoms with Crippen LogP contribution in [0, 0.1) is 0 Å². The van der Waals surface area contributed by atoms with Crippen molar-refractivity contribution in [2.24, 2.45) is 0 Å². The number of fused-ring (bicyclic) bond motifs is 1. The predicted octanol–water partition coefficient (Wildman–Crippen LogP) is 5.51. The van der Waals surface area contributed by atoms with E-state index in [1.807, 2.05) is 33.3 Å². The molecule has 0 spiro atoms. The largest absolute Gasteiger partial charge is 0.497 e. The number of nitrogens with zero attached hydrogens (tertiary/aromatic N) is 3. The lowest BCUT2D eigenvalue weighted by Gasteiger charge is -2.42. The quantitative estimate of drug-likeness (QED) is 0.363. The summed E-state index contributed by atoms with van der Waals surface area (Å²) in [6.07, 6.45) is 8.74. The van der Waals surface area contributed by atoms with E-state index in [0.717, 1.165) is 31.6 Å². The fourth-order valence-corrected chi connectivity index (χ4v) is 6.65. The summed E-state index contributed by atoms with van der Waals surface area (Å²) in [6.45, 7) is 7.44. The molecule has 1 aromatic carbocycles. The highest BCUT2D eigenvalue weighted by Crippen LogP contribution is 2.38. The van der Waals surface area contributed by atoms with Crippen molar-refractivity contribution in [3.8, 4) is 5.75 Å². The first kappa shape index (κ1) is 27.6. The van der Waals surface area contributed by atoms with Crippen molar-refractivity contribution in [2.75, 3.05) is 39.8 Å². The summed E-state index contributed by atoms with van der Waals surface area (Å²) in [5.74, 6) is 1.24. The molecule has 2 aliphatic rings. The predicted molar refractivity (Wildman–Crippen MR) is 150 cm³/mol. The van der Waals surface area contributed by atoms with E-state index >= 15 is 0 Å². The highest BCUT2D eigenvalue weighted by atomic mass is 32.1. The van der Waals surface area contributed by atoms with Gasteiger partial charge in [-0.2, -0.15) is 0 Å². The smallest absolute Gasteiger partial charge is 0.236 e. The van der Waals surface area contributed by atoms with Gasteiger partial charge in [0.2, 0.25) is 11.8 Å². The number of benzene rings is 1. The minimum atomic E-state index is 0.0625. The maximum Gasteiger partial charge on any atom is 0.236 e. The summed E-state index contributed by atoms with van der Waals surface area (Å²) < 4.78 is 5.36. The summed E-state index contributed by atoms with van der Waals surface area (Å²) in [5, 5.41) is 2.16. The SMILES string of the molecule is CCCCCCCCC(=O)N1CCN(C(=O)CN2CCc3sccc3[C@H]2c2ccc(OC)cc2)C[C@@H]1C. The van der Waals surface area contributed by atoms with Gasteiger partial charge in [-0.25, -0.2) is 0 Å². The zero-order valence-corrected chi connectivity index (χ0v) is 23.6. The molecule has 1 saturated heterocycles. The third-order valence-electron chi connectivity index (χ3n) is 7.88. The lowest BCUT2D eigenvalue weighted by Crippen LogP contribution is -2.57. The molecule has 2 atom stereocenters. The molecule has 0 saturated carbocycles. The minimum Gasteiger partial charge on any atom is -0.497 e. The molecular formula is C30H43N3O3S. The van der Waals surface area contributed by atoms with Crippen molar-refractivity contribution >= 4 is 23.2 Å². The van der Waals surface area contributed by atoms with Gasteiger partial charge in [-0.1, -0.05) is 51.2 Å². The molecule has 0 radical (unpaired) electrons. The van der Waals surface area contributed by atoms with Crippen LogP contribution in [0.4, 0.5) is 0 Å². The van der Waals surface area contributed by atoms with E-state index in [-0.39, 0.29) is 23.9 Å². The summed E-state index contributed by atoms with van der Waals surface area (Å²) >= 11 is 1.81. The molecule has 0 aliphatic carbocycles. The number of methoxy groups -OCH3 is 1. The molecule has 2 aromatic rings. The lowest BCUT2D eigenvalue weighted by atomic mass is 9.93. The lowest BCUT2D eigenvalue weighted by molar-refractivity contribution is -0.143. The van der Waals surface area contributed by atoms with Crippen LogP contribution < -0.4 is 4.74 Å². The highest BCUT2D eigenvalue weighted by molar-refractivity contribution is 7.10. The van der Waals surface area contributed by atoms with E-state index in [1.165, 1.54) is 41.7 Å². The molecule has 1 fully saturated rings. The Balaban J connectivity index is 1.33. The second-order valence-corrected chi connectivity index (χ2v) is 11.5. The van der Waals surface area contributed by atoms with Gasteiger partial charge < -0.3 is 14.5 Å². The number of piperazine rings is 1. The van der Waals surface area contributed by atoms with Crippen molar-refractivity contribution in [2.45, 2.75) is 77.3 Å². The molecule has 2 aliphatic heterocycles. The van der Waals surface area contributed by atoms with Gasteiger partial charge in [-0.15, -0.1) is 11.3 Å². The van der Waals surface area contributed by atoms with E-state index < -0.39 is 0 Å². The first-order chi connectivity index (χ1) is 18.0. The van der Waals surface area contributed by atoms with Crippen molar-refractivity contribution in [3.05, 3.63) is 51.7 Å². The van der Waals surface area contributed by atoms with E-state index in [2.05, 4.69) is 42.3 Å². The molecule has 0 N–H and O–H groups in total.